The molecule has 1 saturated heterocycles. The summed E-state index contributed by atoms with van der Waals surface area (Å²) in [6, 6.07) is 9.10. The van der Waals surface area contributed by atoms with E-state index in [1.54, 1.807) is 13.2 Å². The van der Waals surface area contributed by atoms with Gasteiger partial charge in [0.2, 0.25) is 5.82 Å². The van der Waals surface area contributed by atoms with Crippen molar-refractivity contribution in [1.82, 2.24) is 25.2 Å². The van der Waals surface area contributed by atoms with Gasteiger partial charge in [-0.2, -0.15) is 4.80 Å². The van der Waals surface area contributed by atoms with Crippen molar-refractivity contribution in [2.24, 2.45) is 7.05 Å². The number of nitrogens with zero attached hydrogens (tertiary/aromatic N) is 6. The fourth-order valence-corrected chi connectivity index (χ4v) is 4.27. The first-order valence-corrected chi connectivity index (χ1v) is 11.2. The molecule has 4 heterocycles. The number of hydrogen-bond donors (Lipinski definition) is 3. The van der Waals surface area contributed by atoms with Crippen LogP contribution < -0.4 is 4.90 Å². The van der Waals surface area contributed by atoms with Crippen molar-refractivity contribution < 1.29 is 28.7 Å². The number of hydrogen-bond acceptors (Lipinski definition) is 10. The maximum absolute atomic E-state index is 12.3. The van der Waals surface area contributed by atoms with Gasteiger partial charge in [-0.1, -0.05) is 0 Å². The van der Waals surface area contributed by atoms with Gasteiger partial charge in [0, 0.05) is 0 Å². The van der Waals surface area contributed by atoms with Crippen molar-refractivity contribution >= 4 is 20.0 Å². The molecule has 31 heavy (non-hydrogen) atoms. The maximum Gasteiger partial charge on any atom is -0.130 e. The molecule has 1 aromatic carbocycles. The van der Waals surface area contributed by atoms with Crippen molar-refractivity contribution in [3.8, 4) is 22.6 Å². The molecule has 0 aliphatic carbocycles. The summed E-state index contributed by atoms with van der Waals surface area (Å²) in [5, 5.41) is 11.9. The summed E-state index contributed by atoms with van der Waals surface area (Å²) < 4.78 is 9.96. The first kappa shape index (κ1) is 19.9. The number of pyridine rings is 1. The molecule has 2 aliphatic rings. The maximum atomic E-state index is 12.3. The Balaban J connectivity index is 1.37. The third-order valence-electron chi connectivity index (χ3n) is 5.25. The third-order valence-corrected chi connectivity index (χ3v) is 5.81. The van der Waals surface area contributed by atoms with Crippen molar-refractivity contribution in [3.63, 3.8) is 0 Å². The van der Waals surface area contributed by atoms with Crippen molar-refractivity contribution in [3.05, 3.63) is 42.1 Å². The average molecular weight is 446 g/mol. The fourth-order valence-electron chi connectivity index (χ4n) is 3.88. The van der Waals surface area contributed by atoms with E-state index in [2.05, 4.69) is 24.9 Å². The molecule has 0 spiro atoms. The molecule has 0 bridgehead atoms. The quantitative estimate of drug-likeness (QED) is 0.474. The number of aromatic nitrogens is 5. The van der Waals surface area contributed by atoms with Gasteiger partial charge < -0.3 is 0 Å². The largest absolute Gasteiger partial charge is 0.130 e. The van der Waals surface area contributed by atoms with E-state index < -0.39 is 20.4 Å². The number of ether oxygens (including phenoxy) is 1. The standard InChI is InChI=1S/C18H19N6O6P/c1-23-21-17(20-22-23)13-4-2-11(8-19-13)10-3-5-14-12(6-10)7-15-16(9-29-31(26,27)28)30-18(25)24(14)15/h2-6,8,15-16,26-28,31H,7,9H2,1H3/t15-,16-/m0/s1. The van der Waals surface area contributed by atoms with Crippen LogP contribution in [0.4, 0.5) is 10.5 Å². The van der Waals surface area contributed by atoms with E-state index in [0.29, 0.717) is 17.9 Å². The normalized spacial score (nSPS) is 20.5. The summed E-state index contributed by atoms with van der Waals surface area (Å²) in [6.07, 6.45) is 0.979. The van der Waals surface area contributed by atoms with E-state index in [1.165, 1.54) is 9.70 Å². The molecular formula is C18H19N6O6P. The zero-order valence-electron chi connectivity index (χ0n) is 16.3. The Hall–Kier alpha value is -3.02. The molecule has 2 aromatic heterocycles. The van der Waals surface area contributed by atoms with Crippen LogP contribution in [0.25, 0.3) is 22.6 Å². The molecule has 3 N–H and O–H groups in total. The Labute approximate surface area is 176 Å². The van der Waals surface area contributed by atoms with E-state index in [9.17, 15) is 4.79 Å². The van der Waals surface area contributed by atoms with E-state index in [0.717, 1.165) is 22.4 Å². The Kier molecular flexibility index (Phi) is 4.68. The number of anilines is 1. The van der Waals surface area contributed by atoms with E-state index >= 15 is 0 Å². The van der Waals surface area contributed by atoms with E-state index in [1.807, 2.05) is 30.3 Å². The van der Waals surface area contributed by atoms with E-state index in [-0.39, 0.29) is 12.6 Å². The van der Waals surface area contributed by atoms with Crippen LogP contribution in [-0.2, 0) is 22.7 Å². The van der Waals surface area contributed by atoms with Gasteiger partial charge in [-0.05, 0) is 5.21 Å². The number of aryl methyl sites for hydroxylation is 1. The smallest absolute Gasteiger partial charge is 0.130 e. The number of benzene rings is 1. The summed E-state index contributed by atoms with van der Waals surface area (Å²) in [5.41, 5.74) is 4.11. The van der Waals surface area contributed by atoms with Gasteiger partial charge in [-0.25, -0.2) is 0 Å². The Morgan fingerprint density at radius 2 is 2.03 bits per heavy atom. The van der Waals surface area contributed by atoms with Gasteiger partial charge in [0.25, 0.3) is 0 Å². The Morgan fingerprint density at radius 3 is 2.71 bits per heavy atom. The van der Waals surface area contributed by atoms with Gasteiger partial charge in [-0.15, -0.1) is 10.2 Å². The summed E-state index contributed by atoms with van der Waals surface area (Å²) >= 11 is 0. The Morgan fingerprint density at radius 1 is 1.23 bits per heavy atom. The monoisotopic (exact) mass is 446 g/mol. The van der Waals surface area contributed by atoms with Crippen LogP contribution in [-0.4, -0.2) is 64.7 Å². The van der Waals surface area contributed by atoms with Gasteiger partial charge in [0.15, 0.2) is 0 Å². The molecule has 0 unspecified atom stereocenters. The van der Waals surface area contributed by atoms with Gasteiger partial charge >= 0.3 is 143 Å². The number of amides is 1. The Bertz CT molecular complexity index is 1150. The summed E-state index contributed by atoms with van der Waals surface area (Å²) in [7, 11) is -3.00. The van der Waals surface area contributed by atoms with Crippen LogP contribution in [0.3, 0.4) is 0 Å². The van der Waals surface area contributed by atoms with Gasteiger partial charge in [-0.3, -0.25) is 0 Å². The molecule has 5 rings (SSSR count). The number of cyclic esters (lactones) is 1. The molecule has 0 saturated carbocycles. The van der Waals surface area contributed by atoms with Crippen LogP contribution in [0, 0.1) is 0 Å². The molecular weight excluding hydrogens is 427 g/mol. The molecule has 162 valence electrons. The second-order valence-electron chi connectivity index (χ2n) is 7.33. The molecule has 0 radical (unpaired) electrons. The predicted octanol–water partition coefficient (Wildman–Crippen LogP) is 0.592. The third kappa shape index (κ3) is 3.75. The number of tetrazole rings is 1. The van der Waals surface area contributed by atoms with E-state index in [4.69, 9.17) is 19.4 Å². The first-order valence-electron chi connectivity index (χ1n) is 9.43. The number of rotatable bonds is 5. The van der Waals surface area contributed by atoms with Crippen LogP contribution in [0.15, 0.2) is 36.5 Å². The second-order valence-corrected chi connectivity index (χ2v) is 8.76. The van der Waals surface area contributed by atoms with Crippen LogP contribution >= 0.6 is 8.17 Å². The average Bonchev–Trinajstić information content (AvgIpc) is 3.41. The van der Waals surface area contributed by atoms with Crippen molar-refractivity contribution in [2.75, 3.05) is 11.5 Å². The molecule has 12 nitrogen and oxygen atoms in total. The summed E-state index contributed by atoms with van der Waals surface area (Å²) in [4.78, 5) is 46.8. The molecule has 13 heteroatoms. The van der Waals surface area contributed by atoms with Crippen LogP contribution in [0.5, 0.6) is 0 Å². The van der Waals surface area contributed by atoms with Crippen LogP contribution in [0.2, 0.25) is 0 Å². The number of carbonyl (C=O) groups excluding carboxylic acids is 1. The van der Waals surface area contributed by atoms with Gasteiger partial charge in [0.05, 0.1) is 7.05 Å². The number of carbonyl (C=O) groups is 1. The zero-order valence-corrected chi connectivity index (χ0v) is 17.3. The summed E-state index contributed by atoms with van der Waals surface area (Å²) in [6.45, 7) is -0.300. The second kappa shape index (κ2) is 7.29. The molecule has 1 fully saturated rings. The molecule has 3 aromatic rings. The van der Waals surface area contributed by atoms with Crippen LogP contribution in [0.1, 0.15) is 5.56 Å². The fraction of sp³-hybridized carbons (Fsp3) is 0.278. The zero-order chi connectivity index (χ0) is 21.8. The first-order chi connectivity index (χ1) is 14.8. The molecule has 2 aliphatic heterocycles. The minimum absolute atomic E-state index is 0.300. The molecule has 1 amide bonds. The SMILES string of the molecule is Cn1nnc(-c2ccc(-c3ccc4c(c3)C[C@H]3[C@H](CO[PH](O)(O)O)OC(=O)N43)cn2)n1. The predicted molar refractivity (Wildman–Crippen MR) is 109 cm³/mol. The van der Waals surface area contributed by atoms with Gasteiger partial charge in [0.1, 0.15) is 0 Å². The summed E-state index contributed by atoms with van der Waals surface area (Å²) in [5.74, 6) is 0.441. The molecule has 2 atom stereocenters. The minimum atomic E-state index is -4.68. The van der Waals surface area contributed by atoms with Crippen molar-refractivity contribution in [2.45, 2.75) is 18.6 Å². The van der Waals surface area contributed by atoms with Crippen molar-refractivity contribution in [1.29, 1.82) is 0 Å². The number of fused-ring (bicyclic) bond motifs is 3. The topological polar surface area (TPSA) is 156 Å². The minimum Gasteiger partial charge on any atom is -0.130 e.